The highest BCUT2D eigenvalue weighted by Gasteiger charge is 2.13. The molecule has 2 aromatic rings. The summed E-state index contributed by atoms with van der Waals surface area (Å²) in [6.07, 6.45) is 0.951. The lowest BCUT2D eigenvalue weighted by Gasteiger charge is -2.12. The first-order chi connectivity index (χ1) is 16.9. The van der Waals surface area contributed by atoms with Gasteiger partial charge in [-0.2, -0.15) is 0 Å². The summed E-state index contributed by atoms with van der Waals surface area (Å²) >= 11 is 0. The maximum atomic E-state index is 11.5. The molecule has 0 saturated heterocycles. The van der Waals surface area contributed by atoms with Gasteiger partial charge in [0.2, 0.25) is 0 Å². The van der Waals surface area contributed by atoms with Gasteiger partial charge in [0.05, 0.1) is 33.0 Å². The number of esters is 2. The molecule has 0 radical (unpaired) electrons. The van der Waals surface area contributed by atoms with Gasteiger partial charge in [-0.05, 0) is 55.7 Å². The molecule has 0 amide bonds. The molecule has 0 bridgehead atoms. The number of carbonyl (C=O) groups excluding carboxylic acids is 4. The lowest BCUT2D eigenvalue weighted by atomic mass is 9.99. The summed E-state index contributed by atoms with van der Waals surface area (Å²) in [5, 5.41) is 9.64. The fraction of sp³-hybridized carbons (Fsp3) is 0.407. The van der Waals surface area contributed by atoms with Crippen molar-refractivity contribution >= 4 is 23.5 Å². The lowest BCUT2D eigenvalue weighted by Crippen LogP contribution is -2.06. The molecule has 0 saturated carbocycles. The first-order valence-corrected chi connectivity index (χ1v) is 11.3. The number of aryl methyl sites for hydroxylation is 1. The second kappa shape index (κ2) is 14.5. The third-order valence-corrected chi connectivity index (χ3v) is 5.14. The van der Waals surface area contributed by atoms with E-state index >= 15 is 0 Å². The number of rotatable bonds is 10. The minimum atomic E-state index is -0.362. The van der Waals surface area contributed by atoms with Gasteiger partial charge in [-0.15, -0.1) is 0 Å². The fourth-order valence-electron chi connectivity index (χ4n) is 3.38. The normalized spacial score (nSPS) is 9.97. The maximum absolute atomic E-state index is 11.5. The summed E-state index contributed by atoms with van der Waals surface area (Å²) in [7, 11) is 3.05. The zero-order valence-corrected chi connectivity index (χ0v) is 21.9. The predicted octanol–water partition coefficient (Wildman–Crippen LogP) is 4.02. The van der Waals surface area contributed by atoms with Gasteiger partial charge in [-0.3, -0.25) is 19.2 Å². The van der Waals surface area contributed by atoms with E-state index in [1.165, 1.54) is 40.9 Å². The molecule has 1 N–H and O–H groups in total. The molecule has 0 atom stereocenters. The Bertz CT molecular complexity index is 1020. The molecule has 0 aliphatic heterocycles. The van der Waals surface area contributed by atoms with Crippen molar-refractivity contribution in [3.8, 4) is 17.2 Å². The Hall–Kier alpha value is -3.88. The number of phenolic OH excluding ortho intramolecular Hbond substituents is 1. The SMILES string of the molecule is COc1cc(C)c(C(C)=O)cc1CCOC(C)=O.COc1cc(O)c(C(C)=O)cc1CCOC(C)=O. The zero-order chi connectivity index (χ0) is 27.4. The second-order valence-corrected chi connectivity index (χ2v) is 7.95. The van der Waals surface area contributed by atoms with Crippen LogP contribution in [0.15, 0.2) is 24.3 Å². The van der Waals surface area contributed by atoms with Crippen LogP contribution in [0.4, 0.5) is 0 Å². The van der Waals surface area contributed by atoms with Crippen LogP contribution in [0.1, 0.15) is 65.1 Å². The molecule has 0 aliphatic rings. The largest absolute Gasteiger partial charge is 0.507 e. The minimum absolute atomic E-state index is 0.0175. The highest BCUT2D eigenvalue weighted by Crippen LogP contribution is 2.29. The smallest absolute Gasteiger partial charge is 0.302 e. The number of hydrogen-bond donors (Lipinski definition) is 1. The van der Waals surface area contributed by atoms with Crippen LogP contribution in [-0.2, 0) is 31.9 Å². The van der Waals surface area contributed by atoms with E-state index in [0.29, 0.717) is 35.5 Å². The van der Waals surface area contributed by atoms with Crippen molar-refractivity contribution in [2.75, 3.05) is 27.4 Å². The number of hydrogen-bond acceptors (Lipinski definition) is 9. The first-order valence-electron chi connectivity index (χ1n) is 11.3. The first kappa shape index (κ1) is 30.2. The van der Waals surface area contributed by atoms with Gasteiger partial charge in [-0.25, -0.2) is 0 Å². The topological polar surface area (TPSA) is 125 Å². The van der Waals surface area contributed by atoms with Crippen LogP contribution in [0.5, 0.6) is 17.2 Å². The van der Waals surface area contributed by atoms with Crippen LogP contribution in [0.3, 0.4) is 0 Å². The van der Waals surface area contributed by atoms with Crippen LogP contribution < -0.4 is 9.47 Å². The molecule has 0 fully saturated rings. The summed E-state index contributed by atoms with van der Waals surface area (Å²) in [4.78, 5) is 44.2. The molecule has 0 spiro atoms. The van der Waals surface area contributed by atoms with E-state index in [1.54, 1.807) is 19.2 Å². The number of benzene rings is 2. The van der Waals surface area contributed by atoms with Gasteiger partial charge in [0.15, 0.2) is 11.6 Å². The number of Topliss-reactive ketones (excluding diaryl/α,β-unsaturated/α-hetero) is 2. The quantitative estimate of drug-likeness (QED) is 0.379. The number of carbonyl (C=O) groups is 4. The Balaban J connectivity index is 0.000000360. The van der Waals surface area contributed by atoms with E-state index in [2.05, 4.69) is 0 Å². The van der Waals surface area contributed by atoms with Crippen LogP contribution in [-0.4, -0.2) is 56.0 Å². The van der Waals surface area contributed by atoms with E-state index < -0.39 is 0 Å². The van der Waals surface area contributed by atoms with Crippen LogP contribution in [0, 0.1) is 6.92 Å². The Labute approximate surface area is 211 Å². The van der Waals surface area contributed by atoms with Gasteiger partial charge >= 0.3 is 11.9 Å². The summed E-state index contributed by atoms with van der Waals surface area (Å²) in [5.74, 6) is 0.171. The van der Waals surface area contributed by atoms with Crippen molar-refractivity contribution in [1.29, 1.82) is 0 Å². The van der Waals surface area contributed by atoms with Gasteiger partial charge < -0.3 is 24.1 Å². The molecule has 9 nitrogen and oxygen atoms in total. The summed E-state index contributed by atoms with van der Waals surface area (Å²) in [5.41, 5.74) is 3.37. The Morgan fingerprint density at radius 1 is 0.694 bits per heavy atom. The third kappa shape index (κ3) is 9.40. The maximum Gasteiger partial charge on any atom is 0.302 e. The molecular weight excluding hydrogens is 468 g/mol. The molecule has 36 heavy (non-hydrogen) atoms. The predicted molar refractivity (Wildman–Crippen MR) is 133 cm³/mol. The summed E-state index contributed by atoms with van der Waals surface area (Å²) < 4.78 is 20.1. The highest BCUT2D eigenvalue weighted by atomic mass is 16.5. The van der Waals surface area contributed by atoms with Gasteiger partial charge in [0.1, 0.15) is 17.2 Å². The van der Waals surface area contributed by atoms with Crippen molar-refractivity contribution < 1.29 is 43.2 Å². The van der Waals surface area contributed by atoms with Crippen LogP contribution in [0.2, 0.25) is 0 Å². The molecule has 2 aromatic carbocycles. The van der Waals surface area contributed by atoms with Crippen molar-refractivity contribution in [2.24, 2.45) is 0 Å². The number of ether oxygens (including phenoxy) is 4. The van der Waals surface area contributed by atoms with Gasteiger partial charge in [0, 0.05) is 38.3 Å². The fourth-order valence-corrected chi connectivity index (χ4v) is 3.38. The van der Waals surface area contributed by atoms with E-state index in [9.17, 15) is 24.3 Å². The second-order valence-electron chi connectivity index (χ2n) is 7.95. The van der Waals surface area contributed by atoms with Crippen molar-refractivity contribution in [3.05, 3.63) is 52.1 Å². The molecule has 0 aromatic heterocycles. The third-order valence-electron chi connectivity index (χ3n) is 5.14. The van der Waals surface area contributed by atoms with Crippen LogP contribution in [0.25, 0.3) is 0 Å². The van der Waals surface area contributed by atoms with E-state index in [-0.39, 0.29) is 48.0 Å². The lowest BCUT2D eigenvalue weighted by molar-refractivity contribution is -0.141. The van der Waals surface area contributed by atoms with E-state index in [0.717, 1.165) is 11.1 Å². The Morgan fingerprint density at radius 2 is 1.11 bits per heavy atom. The monoisotopic (exact) mass is 502 g/mol. The Morgan fingerprint density at radius 3 is 1.50 bits per heavy atom. The van der Waals surface area contributed by atoms with E-state index in [1.807, 2.05) is 13.0 Å². The standard InChI is InChI=1S/C14H18O4.C13H16O5/c1-9-7-14(17-4)12(5-6-18-11(3)16)8-13(9)10(2)15;1-8(14)11-6-10(4-5-18-9(2)15)13(17-3)7-12(11)16/h7-8H,5-6H2,1-4H3;6-7,16H,4-5H2,1-3H3. The summed E-state index contributed by atoms with van der Waals surface area (Å²) in [6, 6.07) is 6.58. The molecule has 0 unspecified atom stereocenters. The minimum Gasteiger partial charge on any atom is -0.507 e. The van der Waals surface area contributed by atoms with Gasteiger partial charge in [0.25, 0.3) is 0 Å². The number of phenols is 1. The molecule has 0 aliphatic carbocycles. The van der Waals surface area contributed by atoms with Crippen LogP contribution >= 0.6 is 0 Å². The van der Waals surface area contributed by atoms with Crippen molar-refractivity contribution in [3.63, 3.8) is 0 Å². The summed E-state index contributed by atoms with van der Waals surface area (Å²) in [6.45, 7) is 7.96. The number of ketones is 2. The highest BCUT2D eigenvalue weighted by molar-refractivity contribution is 5.97. The molecule has 196 valence electrons. The average Bonchev–Trinajstić information content (AvgIpc) is 2.79. The Kier molecular flexibility index (Phi) is 12.1. The number of methoxy groups -OCH3 is 2. The molecular formula is C27H34O9. The molecule has 2 rings (SSSR count). The number of aromatic hydroxyl groups is 1. The molecule has 0 heterocycles. The zero-order valence-electron chi connectivity index (χ0n) is 21.9. The van der Waals surface area contributed by atoms with Gasteiger partial charge in [-0.1, -0.05) is 0 Å². The molecule has 9 heteroatoms. The van der Waals surface area contributed by atoms with Crippen molar-refractivity contribution in [2.45, 2.75) is 47.5 Å². The average molecular weight is 503 g/mol. The van der Waals surface area contributed by atoms with Crippen molar-refractivity contribution in [1.82, 2.24) is 0 Å². The van der Waals surface area contributed by atoms with E-state index in [4.69, 9.17) is 18.9 Å².